The number of aryl methyl sites for hydroxylation is 1. The van der Waals surface area contributed by atoms with Crippen molar-refractivity contribution in [2.24, 2.45) is 5.92 Å². The number of carbonyl (C=O) groups is 2. The summed E-state index contributed by atoms with van der Waals surface area (Å²) < 4.78 is 1.81. The molecule has 0 saturated heterocycles. The van der Waals surface area contributed by atoms with E-state index in [0.717, 1.165) is 32.1 Å². The van der Waals surface area contributed by atoms with Gasteiger partial charge in [0.2, 0.25) is 0 Å². The molecule has 1 aliphatic carbocycles. The van der Waals surface area contributed by atoms with Gasteiger partial charge < -0.3 is 15.0 Å². The van der Waals surface area contributed by atoms with Gasteiger partial charge in [-0.1, -0.05) is 19.3 Å². The third-order valence-corrected chi connectivity index (χ3v) is 4.08. The van der Waals surface area contributed by atoms with Gasteiger partial charge in [0.1, 0.15) is 11.7 Å². The van der Waals surface area contributed by atoms with Crippen LogP contribution >= 0.6 is 0 Å². The molecule has 1 aromatic heterocycles. The zero-order valence-corrected chi connectivity index (χ0v) is 11.8. The highest BCUT2D eigenvalue weighted by Crippen LogP contribution is 2.26. The van der Waals surface area contributed by atoms with Crippen molar-refractivity contribution in [2.75, 3.05) is 0 Å². The lowest BCUT2D eigenvalue weighted by Crippen LogP contribution is -2.47. The fraction of sp³-hybridized carbons (Fsp3) is 0.600. The lowest BCUT2D eigenvalue weighted by atomic mass is 9.84. The van der Waals surface area contributed by atoms with Crippen molar-refractivity contribution in [3.63, 3.8) is 0 Å². The summed E-state index contributed by atoms with van der Waals surface area (Å²) in [5.74, 6) is -1.18. The van der Waals surface area contributed by atoms with Gasteiger partial charge in [0, 0.05) is 12.7 Å². The molecule has 20 heavy (non-hydrogen) atoms. The third-order valence-electron chi connectivity index (χ3n) is 4.08. The lowest BCUT2D eigenvalue weighted by Gasteiger charge is -2.28. The van der Waals surface area contributed by atoms with Gasteiger partial charge in [-0.25, -0.2) is 4.79 Å². The topological polar surface area (TPSA) is 71.3 Å². The Morgan fingerprint density at radius 1 is 1.40 bits per heavy atom. The van der Waals surface area contributed by atoms with E-state index in [-0.39, 0.29) is 11.8 Å². The standard InChI is InChI=1S/C15H22N2O3/c1-2-17-10-6-9-12(17)14(18)16-13(15(19)20)11-7-4-3-5-8-11/h6,9-11,13H,2-5,7-8H2,1H3,(H,16,18)(H,19,20). The number of aromatic nitrogens is 1. The second-order valence-electron chi connectivity index (χ2n) is 5.37. The van der Waals surface area contributed by atoms with Crippen molar-refractivity contribution in [3.05, 3.63) is 24.0 Å². The maximum Gasteiger partial charge on any atom is 0.326 e. The minimum atomic E-state index is -0.931. The SMILES string of the molecule is CCn1cccc1C(=O)NC(C(=O)O)C1CCCCC1. The first-order valence-electron chi connectivity index (χ1n) is 7.32. The summed E-state index contributed by atoms with van der Waals surface area (Å²) in [7, 11) is 0. The van der Waals surface area contributed by atoms with Gasteiger partial charge in [-0.05, 0) is 37.8 Å². The average molecular weight is 278 g/mol. The first kappa shape index (κ1) is 14.6. The molecular formula is C15H22N2O3. The Morgan fingerprint density at radius 2 is 2.10 bits per heavy atom. The Labute approximate surface area is 119 Å². The molecule has 1 amide bonds. The van der Waals surface area contributed by atoms with Crippen molar-refractivity contribution in [3.8, 4) is 0 Å². The zero-order valence-electron chi connectivity index (χ0n) is 11.8. The highest BCUT2D eigenvalue weighted by molar-refractivity contribution is 5.95. The molecular weight excluding hydrogens is 256 g/mol. The van der Waals surface area contributed by atoms with Crippen LogP contribution in [0.5, 0.6) is 0 Å². The van der Waals surface area contributed by atoms with Crippen molar-refractivity contribution >= 4 is 11.9 Å². The predicted octanol–water partition coefficient (Wildman–Crippen LogP) is 2.27. The number of rotatable bonds is 5. The van der Waals surface area contributed by atoms with Crippen LogP contribution < -0.4 is 5.32 Å². The molecule has 0 aromatic carbocycles. The molecule has 1 unspecified atom stereocenters. The molecule has 1 atom stereocenters. The van der Waals surface area contributed by atoms with Crippen LogP contribution in [0.1, 0.15) is 49.5 Å². The Balaban J connectivity index is 2.08. The molecule has 0 spiro atoms. The zero-order chi connectivity index (χ0) is 14.5. The van der Waals surface area contributed by atoms with Gasteiger partial charge in [-0.2, -0.15) is 0 Å². The maximum atomic E-state index is 12.2. The van der Waals surface area contributed by atoms with Crippen LogP contribution in [-0.4, -0.2) is 27.6 Å². The first-order valence-corrected chi connectivity index (χ1v) is 7.32. The molecule has 0 aliphatic heterocycles. The number of amides is 1. The summed E-state index contributed by atoms with van der Waals surface area (Å²) in [4.78, 5) is 23.7. The van der Waals surface area contributed by atoms with Crippen LogP contribution in [0, 0.1) is 5.92 Å². The summed E-state index contributed by atoms with van der Waals surface area (Å²) in [6.07, 6.45) is 6.85. The lowest BCUT2D eigenvalue weighted by molar-refractivity contribution is -0.141. The molecule has 2 N–H and O–H groups in total. The molecule has 2 rings (SSSR count). The molecule has 1 saturated carbocycles. The normalized spacial score (nSPS) is 17.6. The molecule has 1 aliphatic rings. The van der Waals surface area contributed by atoms with Crippen LogP contribution in [0.25, 0.3) is 0 Å². The van der Waals surface area contributed by atoms with Gasteiger partial charge >= 0.3 is 5.97 Å². The number of nitrogens with one attached hydrogen (secondary N) is 1. The van der Waals surface area contributed by atoms with Crippen molar-refractivity contribution in [1.82, 2.24) is 9.88 Å². The maximum absolute atomic E-state index is 12.2. The Hall–Kier alpha value is -1.78. The van der Waals surface area contributed by atoms with E-state index in [1.165, 1.54) is 0 Å². The molecule has 1 fully saturated rings. The van der Waals surface area contributed by atoms with Crippen LogP contribution in [0.15, 0.2) is 18.3 Å². The fourth-order valence-corrected chi connectivity index (χ4v) is 2.96. The number of carbonyl (C=O) groups excluding carboxylic acids is 1. The molecule has 1 heterocycles. The highest BCUT2D eigenvalue weighted by atomic mass is 16.4. The number of nitrogens with zero attached hydrogens (tertiary/aromatic N) is 1. The number of hydrogen-bond acceptors (Lipinski definition) is 2. The van der Waals surface area contributed by atoms with E-state index >= 15 is 0 Å². The molecule has 110 valence electrons. The van der Waals surface area contributed by atoms with E-state index in [9.17, 15) is 14.7 Å². The van der Waals surface area contributed by atoms with Crippen molar-refractivity contribution < 1.29 is 14.7 Å². The molecule has 5 nitrogen and oxygen atoms in total. The van der Waals surface area contributed by atoms with E-state index in [1.54, 1.807) is 12.1 Å². The molecule has 0 radical (unpaired) electrons. The van der Waals surface area contributed by atoms with Crippen molar-refractivity contribution in [1.29, 1.82) is 0 Å². The van der Waals surface area contributed by atoms with Crippen LogP contribution in [0.4, 0.5) is 0 Å². The Morgan fingerprint density at radius 3 is 2.70 bits per heavy atom. The van der Waals surface area contributed by atoms with Crippen LogP contribution in [0.2, 0.25) is 0 Å². The predicted molar refractivity (Wildman–Crippen MR) is 75.6 cm³/mol. The summed E-state index contributed by atoms with van der Waals surface area (Å²) in [5, 5.41) is 12.1. The minimum Gasteiger partial charge on any atom is -0.480 e. The summed E-state index contributed by atoms with van der Waals surface area (Å²) in [6, 6.07) is 2.75. The average Bonchev–Trinajstić information content (AvgIpc) is 2.93. The van der Waals surface area contributed by atoms with Crippen LogP contribution in [0.3, 0.4) is 0 Å². The molecule has 0 bridgehead atoms. The quantitative estimate of drug-likeness (QED) is 0.868. The summed E-state index contributed by atoms with van der Waals surface area (Å²) in [6.45, 7) is 2.64. The largest absolute Gasteiger partial charge is 0.480 e. The second-order valence-corrected chi connectivity index (χ2v) is 5.37. The molecule has 1 aromatic rings. The van der Waals surface area contributed by atoms with E-state index in [4.69, 9.17) is 0 Å². The van der Waals surface area contributed by atoms with Crippen molar-refractivity contribution in [2.45, 2.75) is 51.6 Å². The van der Waals surface area contributed by atoms with E-state index in [1.807, 2.05) is 17.7 Å². The summed E-state index contributed by atoms with van der Waals surface area (Å²) in [5.41, 5.74) is 0.523. The fourth-order valence-electron chi connectivity index (χ4n) is 2.96. The Kier molecular flexibility index (Phi) is 4.82. The minimum absolute atomic E-state index is 0.0511. The Bertz CT molecular complexity index is 475. The van der Waals surface area contributed by atoms with E-state index < -0.39 is 12.0 Å². The van der Waals surface area contributed by atoms with Gasteiger partial charge in [0.25, 0.3) is 5.91 Å². The smallest absolute Gasteiger partial charge is 0.326 e. The highest BCUT2D eigenvalue weighted by Gasteiger charge is 2.31. The number of carboxylic acid groups (broad SMARTS) is 1. The van der Waals surface area contributed by atoms with Crippen LogP contribution in [-0.2, 0) is 11.3 Å². The second kappa shape index (κ2) is 6.59. The third kappa shape index (κ3) is 3.21. The van der Waals surface area contributed by atoms with E-state index in [2.05, 4.69) is 5.32 Å². The van der Waals surface area contributed by atoms with Gasteiger partial charge in [0.05, 0.1) is 0 Å². The van der Waals surface area contributed by atoms with Gasteiger partial charge in [-0.3, -0.25) is 4.79 Å². The monoisotopic (exact) mass is 278 g/mol. The number of carboxylic acids is 1. The van der Waals surface area contributed by atoms with Gasteiger partial charge in [-0.15, -0.1) is 0 Å². The first-order chi connectivity index (χ1) is 9.63. The van der Waals surface area contributed by atoms with E-state index in [0.29, 0.717) is 12.2 Å². The summed E-state index contributed by atoms with van der Waals surface area (Å²) >= 11 is 0. The number of hydrogen-bond donors (Lipinski definition) is 2. The van der Waals surface area contributed by atoms with Gasteiger partial charge in [0.15, 0.2) is 0 Å². The molecule has 5 heteroatoms. The number of aliphatic carboxylic acids is 1.